The van der Waals surface area contributed by atoms with Crippen molar-refractivity contribution in [2.75, 3.05) is 13.1 Å². The van der Waals surface area contributed by atoms with Crippen LogP contribution < -0.4 is 10.6 Å². The van der Waals surface area contributed by atoms with Crippen LogP contribution in [0.1, 0.15) is 23.2 Å². The smallest absolute Gasteiger partial charge is 0.335 e. The first-order valence-electron chi connectivity index (χ1n) is 7.22. The van der Waals surface area contributed by atoms with Crippen molar-refractivity contribution < 1.29 is 27.9 Å². The summed E-state index contributed by atoms with van der Waals surface area (Å²) in [7, 11) is -3.87. The number of carbonyl (C=O) groups is 3. The van der Waals surface area contributed by atoms with Crippen LogP contribution in [-0.2, 0) is 14.8 Å². The molecule has 9 nitrogen and oxygen atoms in total. The minimum absolute atomic E-state index is 0.0489. The van der Waals surface area contributed by atoms with E-state index in [0.717, 1.165) is 6.07 Å². The molecule has 0 radical (unpaired) electrons. The van der Waals surface area contributed by atoms with Crippen molar-refractivity contribution in [2.45, 2.75) is 23.3 Å². The van der Waals surface area contributed by atoms with Crippen LogP contribution in [0.15, 0.2) is 29.2 Å². The van der Waals surface area contributed by atoms with E-state index >= 15 is 0 Å². The lowest BCUT2D eigenvalue weighted by atomic mass is 9.89. The summed E-state index contributed by atoms with van der Waals surface area (Å²) in [6, 6.07) is 4.53. The highest BCUT2D eigenvalue weighted by atomic mass is 32.2. The summed E-state index contributed by atoms with van der Waals surface area (Å²) in [4.78, 5) is 34.1. The molecule has 2 aliphatic rings. The Balaban J connectivity index is 1.81. The van der Waals surface area contributed by atoms with Crippen molar-refractivity contribution in [3.8, 4) is 0 Å². The van der Waals surface area contributed by atoms with E-state index in [0.29, 0.717) is 0 Å². The number of urea groups is 1. The Morgan fingerprint density at radius 3 is 2.42 bits per heavy atom. The SMILES string of the molecule is O=C1NC(=O)C2(CCN(S(=O)(=O)c3cccc(C(=O)O)c3)CC2)N1. The first-order chi connectivity index (χ1) is 11.2. The Bertz CT molecular complexity index is 827. The Morgan fingerprint density at radius 2 is 1.88 bits per heavy atom. The molecule has 0 atom stereocenters. The summed E-state index contributed by atoms with van der Waals surface area (Å²) in [6.07, 6.45) is 0.310. The molecule has 0 aliphatic carbocycles. The average Bonchev–Trinajstić information content (AvgIpc) is 2.81. The van der Waals surface area contributed by atoms with Gasteiger partial charge in [-0.05, 0) is 31.0 Å². The van der Waals surface area contributed by atoms with Crippen LogP contribution >= 0.6 is 0 Å². The molecule has 3 N–H and O–H groups in total. The number of imide groups is 1. The van der Waals surface area contributed by atoms with Gasteiger partial charge in [-0.3, -0.25) is 10.1 Å². The molecule has 1 spiro atoms. The molecule has 0 aromatic heterocycles. The second-order valence-electron chi connectivity index (χ2n) is 5.73. The first kappa shape index (κ1) is 16.4. The highest BCUT2D eigenvalue weighted by Crippen LogP contribution is 2.29. The van der Waals surface area contributed by atoms with Gasteiger partial charge in [0.2, 0.25) is 10.0 Å². The second-order valence-corrected chi connectivity index (χ2v) is 7.67. The Kier molecular flexibility index (Phi) is 3.80. The summed E-state index contributed by atoms with van der Waals surface area (Å²) < 4.78 is 26.5. The fourth-order valence-corrected chi connectivity index (χ4v) is 4.41. The predicted molar refractivity (Wildman–Crippen MR) is 80.8 cm³/mol. The van der Waals surface area contributed by atoms with Gasteiger partial charge in [-0.2, -0.15) is 4.31 Å². The lowest BCUT2D eigenvalue weighted by molar-refractivity contribution is -0.125. The lowest BCUT2D eigenvalue weighted by Gasteiger charge is -2.36. The van der Waals surface area contributed by atoms with Gasteiger partial charge < -0.3 is 10.4 Å². The highest BCUT2D eigenvalue weighted by Gasteiger charge is 2.49. The monoisotopic (exact) mass is 353 g/mol. The van der Waals surface area contributed by atoms with E-state index in [1.165, 1.54) is 22.5 Å². The number of nitrogens with zero attached hydrogens (tertiary/aromatic N) is 1. The van der Waals surface area contributed by atoms with Crippen LogP contribution in [0.4, 0.5) is 4.79 Å². The molecule has 0 bridgehead atoms. The zero-order chi connectivity index (χ0) is 17.5. The number of aromatic carboxylic acids is 1. The minimum Gasteiger partial charge on any atom is -0.478 e. The van der Waals surface area contributed by atoms with Gasteiger partial charge in [-0.1, -0.05) is 6.07 Å². The molecule has 2 saturated heterocycles. The molecule has 128 valence electrons. The standard InChI is InChI=1S/C14H15N3O6S/c18-11(19)9-2-1-3-10(8-9)24(22,23)17-6-4-14(5-7-17)12(20)15-13(21)16-14/h1-3,8H,4-7H2,(H,18,19)(H2,15,16,20,21). The zero-order valence-electron chi connectivity index (χ0n) is 12.5. The fourth-order valence-electron chi connectivity index (χ4n) is 2.93. The third-order valence-corrected chi connectivity index (χ3v) is 6.20. The van der Waals surface area contributed by atoms with Crippen LogP contribution in [0.3, 0.4) is 0 Å². The van der Waals surface area contributed by atoms with Crippen LogP contribution in [-0.4, -0.2) is 54.4 Å². The number of benzene rings is 1. The number of carboxylic acid groups (broad SMARTS) is 1. The molecule has 2 fully saturated rings. The summed E-state index contributed by atoms with van der Waals surface area (Å²) in [5.74, 6) is -1.66. The summed E-state index contributed by atoms with van der Waals surface area (Å²) in [6.45, 7) is 0.0979. The van der Waals surface area contributed by atoms with Crippen molar-refractivity contribution in [2.24, 2.45) is 0 Å². The molecule has 0 unspecified atom stereocenters. The normalized spacial score (nSPS) is 20.7. The summed E-state index contributed by atoms with van der Waals surface area (Å²) in [5, 5.41) is 13.7. The molecular formula is C14H15N3O6S. The van der Waals surface area contributed by atoms with E-state index in [1.54, 1.807) is 0 Å². The molecule has 2 heterocycles. The molecule has 2 aliphatic heterocycles. The third-order valence-electron chi connectivity index (χ3n) is 4.31. The van der Waals surface area contributed by atoms with Crippen molar-refractivity contribution in [3.63, 3.8) is 0 Å². The summed E-state index contributed by atoms with van der Waals surface area (Å²) >= 11 is 0. The lowest BCUT2D eigenvalue weighted by Crippen LogP contribution is -2.55. The second kappa shape index (κ2) is 5.56. The van der Waals surface area contributed by atoms with Gasteiger partial charge in [0.1, 0.15) is 5.54 Å². The molecule has 3 rings (SSSR count). The first-order valence-corrected chi connectivity index (χ1v) is 8.66. The van der Waals surface area contributed by atoms with Crippen LogP contribution in [0.2, 0.25) is 0 Å². The molecular weight excluding hydrogens is 338 g/mol. The number of rotatable bonds is 3. The number of carbonyl (C=O) groups excluding carboxylic acids is 2. The quantitative estimate of drug-likeness (QED) is 0.642. The number of amides is 3. The van der Waals surface area contributed by atoms with Crippen molar-refractivity contribution in [3.05, 3.63) is 29.8 Å². The predicted octanol–water partition coefficient (Wildman–Crippen LogP) is -0.253. The van der Waals surface area contributed by atoms with Gasteiger partial charge in [-0.15, -0.1) is 0 Å². The highest BCUT2D eigenvalue weighted by molar-refractivity contribution is 7.89. The zero-order valence-corrected chi connectivity index (χ0v) is 13.3. The van der Waals surface area contributed by atoms with Gasteiger partial charge in [-0.25, -0.2) is 18.0 Å². The van der Waals surface area contributed by atoms with E-state index in [-0.39, 0.29) is 36.4 Å². The van der Waals surface area contributed by atoms with Gasteiger partial charge in [0.15, 0.2) is 0 Å². The topological polar surface area (TPSA) is 133 Å². The molecule has 24 heavy (non-hydrogen) atoms. The molecule has 3 amide bonds. The van der Waals surface area contributed by atoms with Gasteiger partial charge in [0.25, 0.3) is 5.91 Å². The van der Waals surface area contributed by atoms with Crippen LogP contribution in [0, 0.1) is 0 Å². The van der Waals surface area contributed by atoms with Crippen molar-refractivity contribution in [1.82, 2.24) is 14.9 Å². The van der Waals surface area contributed by atoms with Gasteiger partial charge >= 0.3 is 12.0 Å². The maximum Gasteiger partial charge on any atom is 0.335 e. The van der Waals surface area contributed by atoms with Crippen molar-refractivity contribution in [1.29, 1.82) is 0 Å². The largest absolute Gasteiger partial charge is 0.478 e. The van der Waals surface area contributed by atoms with E-state index in [1.807, 2.05) is 0 Å². The van der Waals surface area contributed by atoms with Gasteiger partial charge in [0.05, 0.1) is 10.5 Å². The number of sulfonamides is 1. The number of carboxylic acids is 1. The Labute approximate surface area is 137 Å². The molecule has 1 aromatic carbocycles. The number of hydrogen-bond donors (Lipinski definition) is 3. The molecule has 10 heteroatoms. The molecule has 1 aromatic rings. The van der Waals surface area contributed by atoms with E-state index < -0.39 is 33.5 Å². The average molecular weight is 353 g/mol. The van der Waals surface area contributed by atoms with Crippen LogP contribution in [0.25, 0.3) is 0 Å². The van der Waals surface area contributed by atoms with E-state index in [9.17, 15) is 22.8 Å². The number of nitrogens with one attached hydrogen (secondary N) is 2. The third kappa shape index (κ3) is 2.63. The van der Waals surface area contributed by atoms with E-state index in [2.05, 4.69) is 10.6 Å². The Hall–Kier alpha value is -2.46. The molecule has 0 saturated carbocycles. The minimum atomic E-state index is -3.87. The Morgan fingerprint density at radius 1 is 1.21 bits per heavy atom. The maximum absolute atomic E-state index is 12.7. The fraction of sp³-hybridized carbons (Fsp3) is 0.357. The van der Waals surface area contributed by atoms with Crippen molar-refractivity contribution >= 4 is 27.9 Å². The van der Waals surface area contributed by atoms with E-state index in [4.69, 9.17) is 5.11 Å². The maximum atomic E-state index is 12.7. The summed E-state index contributed by atoms with van der Waals surface area (Å²) in [5.41, 5.74) is -1.18. The van der Waals surface area contributed by atoms with Crippen LogP contribution in [0.5, 0.6) is 0 Å². The number of hydrogen-bond acceptors (Lipinski definition) is 5. The number of piperidine rings is 1. The van der Waals surface area contributed by atoms with Gasteiger partial charge in [0, 0.05) is 13.1 Å².